The van der Waals surface area contributed by atoms with E-state index in [0.29, 0.717) is 16.5 Å². The molecule has 0 bridgehead atoms. The monoisotopic (exact) mass is 418 g/mol. The van der Waals surface area contributed by atoms with E-state index in [-0.39, 0.29) is 24.5 Å². The summed E-state index contributed by atoms with van der Waals surface area (Å²) in [6.07, 6.45) is 2.59. The van der Waals surface area contributed by atoms with Gasteiger partial charge in [0.05, 0.1) is 17.2 Å². The Morgan fingerprint density at radius 2 is 1.81 bits per heavy atom. The van der Waals surface area contributed by atoms with Crippen LogP contribution in [0.4, 0.5) is 0 Å². The van der Waals surface area contributed by atoms with E-state index in [0.717, 1.165) is 31.7 Å². The van der Waals surface area contributed by atoms with E-state index >= 15 is 0 Å². The minimum atomic E-state index is -0.0887. The van der Waals surface area contributed by atoms with Gasteiger partial charge in [-0.25, -0.2) is 0 Å². The summed E-state index contributed by atoms with van der Waals surface area (Å²) in [4.78, 5) is 26.9. The molecule has 1 saturated heterocycles. The highest BCUT2D eigenvalue weighted by atomic mass is 35.5. The van der Waals surface area contributed by atoms with Crippen LogP contribution in [0.2, 0.25) is 10.0 Å². The zero-order valence-corrected chi connectivity index (χ0v) is 17.8. The van der Waals surface area contributed by atoms with Gasteiger partial charge >= 0.3 is 0 Å². The predicted octanol–water partition coefficient (Wildman–Crippen LogP) is 3.49. The maximum absolute atomic E-state index is 11.9. The standard InChI is InChI=1S/C12H22N2O3.C7H6Cl2O/c1-10(13(2)12(16)9-17-3)8-11(15)14-6-4-5-7-14;1-10-5-2-3-6(8)7(9)4-5/h10H,4-9H2,1-3H3;2-4H,1H3/t10-;/m0./s1. The molecule has 0 aromatic heterocycles. The molecule has 1 aromatic carbocycles. The number of methoxy groups -OCH3 is 2. The van der Waals surface area contributed by atoms with E-state index in [1.54, 1.807) is 37.3 Å². The first kappa shape index (κ1) is 23.5. The quantitative estimate of drug-likeness (QED) is 0.709. The van der Waals surface area contributed by atoms with Crippen molar-refractivity contribution in [2.75, 3.05) is 41.0 Å². The van der Waals surface area contributed by atoms with Gasteiger partial charge in [-0.1, -0.05) is 23.2 Å². The summed E-state index contributed by atoms with van der Waals surface area (Å²) >= 11 is 11.3. The zero-order valence-electron chi connectivity index (χ0n) is 16.3. The Balaban J connectivity index is 0.000000309. The van der Waals surface area contributed by atoms with Crippen molar-refractivity contribution >= 4 is 35.0 Å². The molecular weight excluding hydrogens is 391 g/mol. The molecule has 152 valence electrons. The molecular formula is C19H28Cl2N2O4. The number of amides is 2. The lowest BCUT2D eigenvalue weighted by Crippen LogP contribution is -2.41. The van der Waals surface area contributed by atoms with Crippen molar-refractivity contribution in [2.45, 2.75) is 32.2 Å². The number of likely N-dealkylation sites (N-methyl/N-ethyl adjacent to an activating group) is 1. The van der Waals surface area contributed by atoms with Gasteiger partial charge < -0.3 is 19.3 Å². The van der Waals surface area contributed by atoms with Crippen molar-refractivity contribution in [3.05, 3.63) is 28.2 Å². The summed E-state index contributed by atoms with van der Waals surface area (Å²) in [6, 6.07) is 5.05. The number of benzene rings is 1. The maximum atomic E-state index is 11.9. The Bertz CT molecular complexity index is 622. The highest BCUT2D eigenvalue weighted by Gasteiger charge is 2.23. The maximum Gasteiger partial charge on any atom is 0.248 e. The fraction of sp³-hybridized carbons (Fsp3) is 0.579. The smallest absolute Gasteiger partial charge is 0.248 e. The van der Waals surface area contributed by atoms with E-state index < -0.39 is 0 Å². The van der Waals surface area contributed by atoms with Crippen molar-refractivity contribution in [3.63, 3.8) is 0 Å². The fourth-order valence-corrected chi connectivity index (χ4v) is 2.85. The first-order valence-electron chi connectivity index (χ1n) is 8.81. The first-order valence-corrected chi connectivity index (χ1v) is 9.57. The van der Waals surface area contributed by atoms with Crippen LogP contribution in [0.1, 0.15) is 26.2 Å². The van der Waals surface area contributed by atoms with E-state index in [4.69, 9.17) is 32.7 Å². The van der Waals surface area contributed by atoms with Gasteiger partial charge in [0.2, 0.25) is 11.8 Å². The predicted molar refractivity (Wildman–Crippen MR) is 108 cm³/mol. The lowest BCUT2D eigenvalue weighted by molar-refractivity contribution is -0.137. The molecule has 1 aliphatic rings. The van der Waals surface area contributed by atoms with Gasteiger partial charge in [0, 0.05) is 45.8 Å². The van der Waals surface area contributed by atoms with E-state index in [1.807, 2.05) is 11.8 Å². The number of ether oxygens (including phenoxy) is 2. The minimum Gasteiger partial charge on any atom is -0.497 e. The summed E-state index contributed by atoms with van der Waals surface area (Å²) in [6.45, 7) is 3.68. The molecule has 1 aromatic rings. The van der Waals surface area contributed by atoms with Gasteiger partial charge in [-0.05, 0) is 31.9 Å². The molecule has 2 amide bonds. The van der Waals surface area contributed by atoms with Gasteiger partial charge in [-0.2, -0.15) is 0 Å². The van der Waals surface area contributed by atoms with Crippen LogP contribution < -0.4 is 4.74 Å². The summed E-state index contributed by atoms with van der Waals surface area (Å²) in [5, 5.41) is 1.06. The number of hydrogen-bond acceptors (Lipinski definition) is 4. The Morgan fingerprint density at radius 3 is 2.33 bits per heavy atom. The lowest BCUT2D eigenvalue weighted by Gasteiger charge is -2.26. The van der Waals surface area contributed by atoms with Gasteiger partial charge in [-0.3, -0.25) is 9.59 Å². The molecule has 1 fully saturated rings. The third-order valence-electron chi connectivity index (χ3n) is 4.38. The van der Waals surface area contributed by atoms with Gasteiger partial charge in [0.1, 0.15) is 12.4 Å². The van der Waals surface area contributed by atoms with Crippen molar-refractivity contribution < 1.29 is 19.1 Å². The second kappa shape index (κ2) is 12.1. The second-order valence-corrected chi connectivity index (χ2v) is 7.17. The van der Waals surface area contributed by atoms with Crippen LogP contribution in [0.5, 0.6) is 5.75 Å². The molecule has 0 aliphatic carbocycles. The fourth-order valence-electron chi connectivity index (χ4n) is 2.56. The molecule has 0 saturated carbocycles. The Morgan fingerprint density at radius 1 is 1.19 bits per heavy atom. The lowest BCUT2D eigenvalue weighted by atomic mass is 10.2. The first-order chi connectivity index (χ1) is 12.8. The van der Waals surface area contributed by atoms with Gasteiger partial charge in [0.25, 0.3) is 0 Å². The van der Waals surface area contributed by atoms with Crippen molar-refractivity contribution in [1.29, 1.82) is 0 Å². The Hall–Kier alpha value is -1.50. The summed E-state index contributed by atoms with van der Waals surface area (Å²) in [5.41, 5.74) is 0. The number of likely N-dealkylation sites (tertiary alicyclic amines) is 1. The van der Waals surface area contributed by atoms with Crippen LogP contribution in [0.3, 0.4) is 0 Å². The molecule has 1 atom stereocenters. The summed E-state index contributed by atoms with van der Waals surface area (Å²) in [5.74, 6) is 0.774. The van der Waals surface area contributed by atoms with Crippen LogP contribution in [0.15, 0.2) is 18.2 Å². The molecule has 2 rings (SSSR count). The number of nitrogens with zero attached hydrogens (tertiary/aromatic N) is 2. The van der Waals surface area contributed by atoms with Crippen molar-refractivity contribution in [3.8, 4) is 5.75 Å². The Kier molecular flexibility index (Phi) is 10.5. The molecule has 1 aliphatic heterocycles. The highest BCUT2D eigenvalue weighted by molar-refractivity contribution is 6.42. The number of hydrogen-bond donors (Lipinski definition) is 0. The molecule has 0 radical (unpaired) electrons. The molecule has 6 nitrogen and oxygen atoms in total. The third kappa shape index (κ3) is 7.95. The topological polar surface area (TPSA) is 59.1 Å². The molecule has 1 heterocycles. The van der Waals surface area contributed by atoms with Crippen molar-refractivity contribution in [2.24, 2.45) is 0 Å². The average molecular weight is 419 g/mol. The average Bonchev–Trinajstić information content (AvgIpc) is 3.19. The molecule has 0 spiro atoms. The van der Waals surface area contributed by atoms with Crippen LogP contribution >= 0.6 is 23.2 Å². The third-order valence-corrected chi connectivity index (χ3v) is 5.12. The zero-order chi connectivity index (χ0) is 20.4. The van der Waals surface area contributed by atoms with E-state index in [1.165, 1.54) is 7.11 Å². The van der Waals surface area contributed by atoms with Crippen LogP contribution in [0.25, 0.3) is 0 Å². The Labute approximate surface area is 171 Å². The number of carbonyl (C=O) groups is 2. The van der Waals surface area contributed by atoms with Crippen LogP contribution in [-0.2, 0) is 14.3 Å². The van der Waals surface area contributed by atoms with E-state index in [9.17, 15) is 9.59 Å². The second-order valence-electron chi connectivity index (χ2n) is 6.36. The van der Waals surface area contributed by atoms with Crippen LogP contribution in [-0.4, -0.2) is 68.6 Å². The van der Waals surface area contributed by atoms with Gasteiger partial charge in [0.15, 0.2) is 0 Å². The SMILES string of the molecule is COCC(=O)N(C)[C@@H](C)CC(=O)N1CCCC1.COc1ccc(Cl)c(Cl)c1. The molecule has 0 N–H and O–H groups in total. The number of carbonyl (C=O) groups excluding carboxylic acids is 2. The highest BCUT2D eigenvalue weighted by Crippen LogP contribution is 2.25. The largest absolute Gasteiger partial charge is 0.497 e. The summed E-state index contributed by atoms with van der Waals surface area (Å²) in [7, 11) is 4.79. The molecule has 27 heavy (non-hydrogen) atoms. The van der Waals surface area contributed by atoms with E-state index in [2.05, 4.69) is 0 Å². The minimum absolute atomic E-state index is 0.0682. The van der Waals surface area contributed by atoms with Gasteiger partial charge in [-0.15, -0.1) is 0 Å². The number of halogens is 2. The molecule has 8 heteroatoms. The normalized spacial score (nSPS) is 14.2. The molecule has 0 unspecified atom stereocenters. The summed E-state index contributed by atoms with van der Waals surface area (Å²) < 4.78 is 9.70. The van der Waals surface area contributed by atoms with Crippen molar-refractivity contribution in [1.82, 2.24) is 9.80 Å². The van der Waals surface area contributed by atoms with Crippen LogP contribution in [0, 0.1) is 0 Å². The number of rotatable bonds is 6.